The van der Waals surface area contributed by atoms with Crippen LogP contribution in [-0.4, -0.2) is 17.2 Å². The van der Waals surface area contributed by atoms with Gasteiger partial charge in [0, 0.05) is 18.8 Å². The molecule has 0 spiro atoms. The lowest BCUT2D eigenvalue weighted by Gasteiger charge is -2.15. The number of aromatic nitrogens is 1. The van der Waals surface area contributed by atoms with Crippen LogP contribution in [0.15, 0.2) is 30.5 Å². The molecule has 0 bridgehead atoms. The molecule has 0 unspecified atom stereocenters. The fraction of sp³-hybridized carbons (Fsp3) is 0.429. The quantitative estimate of drug-likeness (QED) is 0.830. The minimum Gasteiger partial charge on any atom is -0.350 e. The highest BCUT2D eigenvalue weighted by molar-refractivity contribution is 5.83. The second-order valence-corrected chi connectivity index (χ2v) is 4.99. The summed E-state index contributed by atoms with van der Waals surface area (Å²) in [6.45, 7) is 0. The molecule has 1 heterocycles. The van der Waals surface area contributed by atoms with Crippen LogP contribution in [0.5, 0.6) is 0 Å². The fourth-order valence-corrected chi connectivity index (χ4v) is 2.62. The zero-order chi connectivity index (χ0) is 11.2. The van der Waals surface area contributed by atoms with Crippen molar-refractivity contribution >= 4 is 10.9 Å². The predicted molar refractivity (Wildman–Crippen MR) is 67.6 cm³/mol. The summed E-state index contributed by atoms with van der Waals surface area (Å²) in [5, 5.41) is 4.82. The van der Waals surface area contributed by atoms with E-state index in [1.54, 1.807) is 0 Å². The second-order valence-electron chi connectivity index (χ2n) is 4.99. The van der Waals surface area contributed by atoms with Crippen molar-refractivity contribution < 1.29 is 0 Å². The van der Waals surface area contributed by atoms with E-state index in [1.807, 2.05) is 0 Å². The standard InChI is InChI=1S/C14H18N2/c1-15-14(7-8-14)10-12-5-3-4-11-6-9-16(2)13(11)12/h3-6,9,15H,7-8,10H2,1-2H3. The van der Waals surface area contributed by atoms with Crippen molar-refractivity contribution in [2.45, 2.75) is 24.8 Å². The Labute approximate surface area is 96.3 Å². The molecular weight excluding hydrogens is 196 g/mol. The summed E-state index contributed by atoms with van der Waals surface area (Å²) >= 11 is 0. The monoisotopic (exact) mass is 214 g/mol. The van der Waals surface area contributed by atoms with E-state index in [1.165, 1.54) is 29.3 Å². The van der Waals surface area contributed by atoms with Gasteiger partial charge in [0.2, 0.25) is 0 Å². The normalized spacial score (nSPS) is 17.9. The van der Waals surface area contributed by atoms with Crippen LogP contribution >= 0.6 is 0 Å². The zero-order valence-electron chi connectivity index (χ0n) is 9.96. The number of likely N-dealkylation sites (N-methyl/N-ethyl adjacent to an activating group) is 1. The van der Waals surface area contributed by atoms with Crippen LogP contribution in [0.1, 0.15) is 18.4 Å². The molecule has 1 aliphatic carbocycles. The van der Waals surface area contributed by atoms with Crippen molar-refractivity contribution in [2.24, 2.45) is 7.05 Å². The van der Waals surface area contributed by atoms with Crippen LogP contribution in [0.3, 0.4) is 0 Å². The Morgan fingerprint density at radius 3 is 2.81 bits per heavy atom. The highest BCUT2D eigenvalue weighted by atomic mass is 15.0. The van der Waals surface area contributed by atoms with Gasteiger partial charge in [-0.2, -0.15) is 0 Å². The van der Waals surface area contributed by atoms with E-state index in [0.29, 0.717) is 5.54 Å². The Morgan fingerprint density at radius 1 is 1.31 bits per heavy atom. The van der Waals surface area contributed by atoms with Crippen molar-refractivity contribution in [3.05, 3.63) is 36.0 Å². The molecule has 1 aromatic carbocycles. The van der Waals surface area contributed by atoms with E-state index < -0.39 is 0 Å². The van der Waals surface area contributed by atoms with Crippen molar-refractivity contribution in [3.63, 3.8) is 0 Å². The number of nitrogens with zero attached hydrogens (tertiary/aromatic N) is 1. The Hall–Kier alpha value is -1.28. The smallest absolute Gasteiger partial charge is 0.0510 e. The van der Waals surface area contributed by atoms with E-state index in [9.17, 15) is 0 Å². The van der Waals surface area contributed by atoms with Gasteiger partial charge in [0.15, 0.2) is 0 Å². The first-order chi connectivity index (χ1) is 7.74. The van der Waals surface area contributed by atoms with Gasteiger partial charge in [-0.25, -0.2) is 0 Å². The fourth-order valence-electron chi connectivity index (χ4n) is 2.62. The molecule has 84 valence electrons. The van der Waals surface area contributed by atoms with E-state index in [0.717, 1.165) is 6.42 Å². The maximum Gasteiger partial charge on any atom is 0.0510 e. The zero-order valence-corrected chi connectivity index (χ0v) is 9.96. The van der Waals surface area contributed by atoms with E-state index in [4.69, 9.17) is 0 Å². The molecule has 0 saturated heterocycles. The summed E-state index contributed by atoms with van der Waals surface area (Å²) in [7, 11) is 4.21. The minimum absolute atomic E-state index is 0.387. The number of para-hydroxylation sites is 1. The second kappa shape index (κ2) is 3.36. The molecule has 1 aliphatic rings. The number of benzene rings is 1. The molecule has 3 rings (SSSR count). The highest BCUT2D eigenvalue weighted by Crippen LogP contribution is 2.39. The molecule has 2 nitrogen and oxygen atoms in total. The van der Waals surface area contributed by atoms with Gasteiger partial charge >= 0.3 is 0 Å². The molecule has 0 aliphatic heterocycles. The van der Waals surface area contributed by atoms with Crippen LogP contribution in [0.2, 0.25) is 0 Å². The van der Waals surface area contributed by atoms with Crippen LogP contribution in [0.25, 0.3) is 10.9 Å². The van der Waals surface area contributed by atoms with Gasteiger partial charge in [0.1, 0.15) is 0 Å². The first kappa shape index (κ1) is 9.91. The summed E-state index contributed by atoms with van der Waals surface area (Å²) in [6.07, 6.45) is 5.92. The van der Waals surface area contributed by atoms with Gasteiger partial charge in [0.05, 0.1) is 5.52 Å². The van der Waals surface area contributed by atoms with Crippen LogP contribution in [0.4, 0.5) is 0 Å². The van der Waals surface area contributed by atoms with E-state index in [-0.39, 0.29) is 0 Å². The summed E-state index contributed by atoms with van der Waals surface area (Å²) < 4.78 is 2.23. The van der Waals surface area contributed by atoms with Gasteiger partial charge in [-0.3, -0.25) is 0 Å². The Morgan fingerprint density at radius 2 is 2.12 bits per heavy atom. The van der Waals surface area contributed by atoms with Crippen molar-refractivity contribution in [1.82, 2.24) is 9.88 Å². The molecule has 16 heavy (non-hydrogen) atoms. The number of hydrogen-bond donors (Lipinski definition) is 1. The van der Waals surface area contributed by atoms with Crippen molar-refractivity contribution in [2.75, 3.05) is 7.05 Å². The molecular formula is C14H18N2. The number of aryl methyl sites for hydroxylation is 1. The molecule has 0 amide bonds. The first-order valence-electron chi connectivity index (χ1n) is 5.96. The molecule has 1 saturated carbocycles. The maximum absolute atomic E-state index is 3.47. The lowest BCUT2D eigenvalue weighted by molar-refractivity contribution is 0.549. The van der Waals surface area contributed by atoms with Crippen molar-refractivity contribution in [1.29, 1.82) is 0 Å². The van der Waals surface area contributed by atoms with Gasteiger partial charge in [0.25, 0.3) is 0 Å². The predicted octanol–water partition coefficient (Wildman–Crippen LogP) is 2.47. The minimum atomic E-state index is 0.387. The summed E-state index contributed by atoms with van der Waals surface area (Å²) in [5.41, 5.74) is 3.25. The van der Waals surface area contributed by atoms with Crippen LogP contribution < -0.4 is 5.32 Å². The molecule has 0 radical (unpaired) electrons. The Balaban J connectivity index is 2.06. The summed E-state index contributed by atoms with van der Waals surface area (Å²) in [4.78, 5) is 0. The summed E-state index contributed by atoms with van der Waals surface area (Å²) in [5.74, 6) is 0. The van der Waals surface area contributed by atoms with E-state index in [2.05, 4.69) is 54.4 Å². The highest BCUT2D eigenvalue weighted by Gasteiger charge is 2.41. The SMILES string of the molecule is CNC1(Cc2cccc3ccn(C)c23)CC1. The summed E-state index contributed by atoms with van der Waals surface area (Å²) in [6, 6.07) is 8.82. The number of hydrogen-bond acceptors (Lipinski definition) is 1. The molecule has 0 atom stereocenters. The van der Waals surface area contributed by atoms with Crippen molar-refractivity contribution in [3.8, 4) is 0 Å². The van der Waals surface area contributed by atoms with E-state index >= 15 is 0 Å². The largest absolute Gasteiger partial charge is 0.350 e. The maximum atomic E-state index is 3.47. The third kappa shape index (κ3) is 1.45. The topological polar surface area (TPSA) is 17.0 Å². The average Bonchev–Trinajstić information content (AvgIpc) is 2.97. The molecule has 1 N–H and O–H groups in total. The molecule has 2 heteroatoms. The first-order valence-corrected chi connectivity index (χ1v) is 5.96. The van der Waals surface area contributed by atoms with Crippen LogP contribution in [0, 0.1) is 0 Å². The van der Waals surface area contributed by atoms with Gasteiger partial charge in [-0.05, 0) is 43.3 Å². The lowest BCUT2D eigenvalue weighted by atomic mass is 10.0. The third-order valence-electron chi connectivity index (χ3n) is 3.89. The number of fused-ring (bicyclic) bond motifs is 1. The van der Waals surface area contributed by atoms with Crippen LogP contribution in [-0.2, 0) is 13.5 Å². The molecule has 2 aromatic rings. The van der Waals surface area contributed by atoms with Gasteiger partial charge in [-0.1, -0.05) is 18.2 Å². The number of rotatable bonds is 3. The van der Waals surface area contributed by atoms with Gasteiger partial charge < -0.3 is 9.88 Å². The Bertz CT molecular complexity index is 521. The number of nitrogens with one attached hydrogen (secondary N) is 1. The molecule has 1 aromatic heterocycles. The lowest BCUT2D eigenvalue weighted by Crippen LogP contribution is -2.29. The molecule has 1 fully saturated rings. The Kier molecular flexibility index (Phi) is 2.08. The third-order valence-corrected chi connectivity index (χ3v) is 3.89. The van der Waals surface area contributed by atoms with Gasteiger partial charge in [-0.15, -0.1) is 0 Å². The average molecular weight is 214 g/mol.